The molecule has 290 valence electrons. The van der Waals surface area contributed by atoms with Crippen LogP contribution in [0.5, 0.6) is 0 Å². The third kappa shape index (κ3) is 5.56. The third-order valence-corrected chi connectivity index (χ3v) is 13.1. The van der Waals surface area contributed by atoms with Gasteiger partial charge in [-0.25, -0.2) is 0 Å². The summed E-state index contributed by atoms with van der Waals surface area (Å²) in [5.74, 6) is 0. The summed E-state index contributed by atoms with van der Waals surface area (Å²) in [7, 11) is 0. The van der Waals surface area contributed by atoms with E-state index in [2.05, 4.69) is 254 Å². The summed E-state index contributed by atoms with van der Waals surface area (Å²) in [6.45, 7) is 0. The standard InChI is InChI=1S/C61H41N/c1-4-17-42(18-5-1)44-31-35-47(36-32-44)62(48-37-33-45(34-38-48)43-19-6-2-7-20-43)49-39-40-50(55(41-49)46-21-8-3-9-22-46)53-26-16-30-59-60(53)54-25-12-15-29-58(54)61(59)56-27-13-10-23-51(56)52-24-11-14-28-57(52)61/h1-41H. The van der Waals surface area contributed by atoms with Crippen LogP contribution in [0, 0.1) is 0 Å². The predicted molar refractivity (Wildman–Crippen MR) is 259 cm³/mol. The number of hydrogen-bond acceptors (Lipinski definition) is 1. The average Bonchev–Trinajstić information content (AvgIpc) is 3.83. The molecule has 0 radical (unpaired) electrons. The highest BCUT2D eigenvalue weighted by Gasteiger charge is 2.52. The second-order valence-electron chi connectivity index (χ2n) is 16.4. The van der Waals surface area contributed by atoms with Crippen molar-refractivity contribution in [1.29, 1.82) is 0 Å². The number of rotatable bonds is 7. The van der Waals surface area contributed by atoms with Gasteiger partial charge in [-0.2, -0.15) is 0 Å². The van der Waals surface area contributed by atoms with Crippen LogP contribution in [0.3, 0.4) is 0 Å². The Morgan fingerprint density at radius 3 is 1.15 bits per heavy atom. The summed E-state index contributed by atoms with van der Waals surface area (Å²) in [6.07, 6.45) is 0. The van der Waals surface area contributed by atoms with E-state index in [1.54, 1.807) is 0 Å². The molecule has 0 N–H and O–H groups in total. The molecule has 1 nitrogen and oxygen atoms in total. The van der Waals surface area contributed by atoms with Crippen molar-refractivity contribution in [3.63, 3.8) is 0 Å². The van der Waals surface area contributed by atoms with Gasteiger partial charge in [0.15, 0.2) is 0 Å². The molecular formula is C61H41N. The minimum absolute atomic E-state index is 0.406. The van der Waals surface area contributed by atoms with Crippen molar-refractivity contribution in [3.05, 3.63) is 271 Å². The first-order valence-electron chi connectivity index (χ1n) is 21.5. The molecule has 2 aliphatic carbocycles. The van der Waals surface area contributed by atoms with Gasteiger partial charge in [-0.05, 0) is 125 Å². The molecule has 0 fully saturated rings. The largest absolute Gasteiger partial charge is 0.310 e. The van der Waals surface area contributed by atoms with Gasteiger partial charge in [0.1, 0.15) is 0 Å². The van der Waals surface area contributed by atoms with Crippen molar-refractivity contribution in [3.8, 4) is 66.8 Å². The number of benzene rings is 10. The van der Waals surface area contributed by atoms with Crippen LogP contribution in [0.15, 0.2) is 249 Å². The first-order valence-corrected chi connectivity index (χ1v) is 21.5. The molecule has 0 amide bonds. The van der Waals surface area contributed by atoms with E-state index in [0.717, 1.165) is 17.1 Å². The Morgan fingerprint density at radius 2 is 0.613 bits per heavy atom. The molecule has 0 aliphatic heterocycles. The smallest absolute Gasteiger partial charge is 0.0725 e. The van der Waals surface area contributed by atoms with Crippen LogP contribution in [0.2, 0.25) is 0 Å². The molecule has 62 heavy (non-hydrogen) atoms. The van der Waals surface area contributed by atoms with E-state index in [9.17, 15) is 0 Å². The maximum Gasteiger partial charge on any atom is 0.0725 e. The van der Waals surface area contributed by atoms with Crippen LogP contribution in [0.1, 0.15) is 22.3 Å². The van der Waals surface area contributed by atoms with Crippen LogP contribution in [0.4, 0.5) is 17.1 Å². The second-order valence-corrected chi connectivity index (χ2v) is 16.4. The summed E-state index contributed by atoms with van der Waals surface area (Å²) in [6, 6.07) is 91.4. The fourth-order valence-corrected chi connectivity index (χ4v) is 10.4. The normalized spacial score (nSPS) is 12.6. The van der Waals surface area contributed by atoms with Gasteiger partial charge >= 0.3 is 0 Å². The zero-order chi connectivity index (χ0) is 41.0. The summed E-state index contributed by atoms with van der Waals surface area (Å²) in [5.41, 5.74) is 23.1. The molecule has 1 spiro atoms. The van der Waals surface area contributed by atoms with Gasteiger partial charge < -0.3 is 4.90 Å². The first-order chi connectivity index (χ1) is 30.8. The highest BCUT2D eigenvalue weighted by atomic mass is 15.1. The van der Waals surface area contributed by atoms with Crippen molar-refractivity contribution in [2.45, 2.75) is 5.41 Å². The molecule has 2 aliphatic rings. The van der Waals surface area contributed by atoms with Crippen molar-refractivity contribution in [2.75, 3.05) is 4.90 Å². The topological polar surface area (TPSA) is 3.24 Å². The molecule has 0 unspecified atom stereocenters. The van der Waals surface area contributed by atoms with E-state index >= 15 is 0 Å². The second kappa shape index (κ2) is 14.6. The van der Waals surface area contributed by atoms with Gasteiger partial charge in [-0.1, -0.05) is 212 Å². The minimum atomic E-state index is -0.406. The Hall–Kier alpha value is -8.00. The lowest BCUT2D eigenvalue weighted by Crippen LogP contribution is -2.25. The molecule has 1 heteroatoms. The van der Waals surface area contributed by atoms with Crippen molar-refractivity contribution in [2.24, 2.45) is 0 Å². The van der Waals surface area contributed by atoms with Gasteiger partial charge in [0, 0.05) is 17.1 Å². The quantitative estimate of drug-likeness (QED) is 0.155. The first kappa shape index (κ1) is 35.9. The fourth-order valence-electron chi connectivity index (χ4n) is 10.4. The third-order valence-electron chi connectivity index (χ3n) is 13.1. The van der Waals surface area contributed by atoms with Gasteiger partial charge in [-0.3, -0.25) is 0 Å². The van der Waals surface area contributed by atoms with Crippen molar-refractivity contribution >= 4 is 17.1 Å². The molecule has 10 aromatic carbocycles. The lowest BCUT2D eigenvalue weighted by atomic mass is 9.70. The molecule has 0 atom stereocenters. The van der Waals surface area contributed by atoms with Crippen LogP contribution in [-0.2, 0) is 5.41 Å². The highest BCUT2D eigenvalue weighted by Crippen LogP contribution is 2.64. The maximum absolute atomic E-state index is 2.40. The van der Waals surface area contributed by atoms with Gasteiger partial charge in [0.25, 0.3) is 0 Å². The lowest BCUT2D eigenvalue weighted by Gasteiger charge is -2.30. The summed E-state index contributed by atoms with van der Waals surface area (Å²) in [5, 5.41) is 0. The predicted octanol–water partition coefficient (Wildman–Crippen LogP) is 16.2. The molecule has 0 aromatic heterocycles. The van der Waals surface area contributed by atoms with Crippen LogP contribution >= 0.6 is 0 Å². The SMILES string of the molecule is c1ccc(-c2ccc(N(c3ccc(-c4ccccc4)cc3)c3ccc(-c4cccc5c4-c4ccccc4C54c5ccccc5-c5ccccc54)c(-c4ccccc4)c3)cc2)cc1. The van der Waals surface area contributed by atoms with Gasteiger partial charge in [0.05, 0.1) is 5.41 Å². The van der Waals surface area contributed by atoms with Gasteiger partial charge in [0.2, 0.25) is 0 Å². The molecule has 0 heterocycles. The zero-order valence-corrected chi connectivity index (χ0v) is 34.1. The monoisotopic (exact) mass is 787 g/mol. The number of nitrogens with zero attached hydrogens (tertiary/aromatic N) is 1. The highest BCUT2D eigenvalue weighted by molar-refractivity contribution is 6.02. The fraction of sp³-hybridized carbons (Fsp3) is 0.0164. The zero-order valence-electron chi connectivity index (χ0n) is 34.1. The summed E-state index contributed by atoms with van der Waals surface area (Å²) >= 11 is 0. The Labute approximate surface area is 363 Å². The number of anilines is 3. The molecule has 0 bridgehead atoms. The van der Waals surface area contributed by atoms with Crippen LogP contribution in [-0.4, -0.2) is 0 Å². The maximum atomic E-state index is 2.40. The summed E-state index contributed by atoms with van der Waals surface area (Å²) < 4.78 is 0. The van der Waals surface area contributed by atoms with Crippen molar-refractivity contribution in [1.82, 2.24) is 0 Å². The Kier molecular flexibility index (Phi) is 8.47. The van der Waals surface area contributed by atoms with E-state index in [0.29, 0.717) is 0 Å². The Balaban J connectivity index is 1.06. The molecule has 10 aromatic rings. The summed E-state index contributed by atoms with van der Waals surface area (Å²) in [4.78, 5) is 2.39. The van der Waals surface area contributed by atoms with Crippen molar-refractivity contribution < 1.29 is 0 Å². The molecular weight excluding hydrogens is 747 g/mol. The van der Waals surface area contributed by atoms with E-state index in [4.69, 9.17) is 0 Å². The molecule has 0 saturated carbocycles. The van der Waals surface area contributed by atoms with E-state index in [1.165, 1.54) is 89.0 Å². The van der Waals surface area contributed by atoms with E-state index in [1.807, 2.05) is 0 Å². The van der Waals surface area contributed by atoms with E-state index < -0.39 is 5.41 Å². The van der Waals surface area contributed by atoms with Crippen LogP contribution < -0.4 is 4.90 Å². The van der Waals surface area contributed by atoms with Gasteiger partial charge in [-0.15, -0.1) is 0 Å². The Bertz CT molecular complexity index is 3130. The Morgan fingerprint density at radius 1 is 0.226 bits per heavy atom. The van der Waals surface area contributed by atoms with E-state index in [-0.39, 0.29) is 0 Å². The number of fused-ring (bicyclic) bond motifs is 10. The molecule has 12 rings (SSSR count). The number of hydrogen-bond donors (Lipinski definition) is 0. The molecule has 0 saturated heterocycles. The minimum Gasteiger partial charge on any atom is -0.310 e. The average molecular weight is 788 g/mol. The van der Waals surface area contributed by atoms with Crippen LogP contribution in [0.25, 0.3) is 66.8 Å². The lowest BCUT2D eigenvalue weighted by molar-refractivity contribution is 0.794.